The molecule has 0 unspecified atom stereocenters. The van der Waals surface area contributed by atoms with Crippen molar-refractivity contribution >= 4 is 49.0 Å². The van der Waals surface area contributed by atoms with Gasteiger partial charge in [0.2, 0.25) is 10.0 Å². The average Bonchev–Trinajstić information content (AvgIpc) is 2.65. The lowest BCUT2D eigenvalue weighted by Gasteiger charge is -2.13. The molecule has 0 spiro atoms. The molecule has 0 atom stereocenters. The Bertz CT molecular complexity index is 1190. The van der Waals surface area contributed by atoms with Crippen LogP contribution in [0.3, 0.4) is 0 Å². The molecule has 0 aromatic heterocycles. The zero-order chi connectivity index (χ0) is 22.7. The quantitative estimate of drug-likeness (QED) is 0.606. The maximum atomic E-state index is 12.2. The zero-order valence-corrected chi connectivity index (χ0v) is 18.6. The van der Waals surface area contributed by atoms with Crippen molar-refractivity contribution in [2.24, 2.45) is 0 Å². The third kappa shape index (κ3) is 5.79. The fourth-order valence-corrected chi connectivity index (χ4v) is 4.03. The molecule has 2 rings (SSSR count). The molecule has 12 heteroatoms. The average molecular weight is 475 g/mol. The predicted molar refractivity (Wildman–Crippen MR) is 111 cm³/mol. The van der Waals surface area contributed by atoms with Crippen LogP contribution < -0.4 is 5.32 Å². The number of sulfone groups is 1. The molecular weight excluding hydrogens is 456 g/mol. The van der Waals surface area contributed by atoms with Crippen molar-refractivity contribution in [3.05, 3.63) is 53.1 Å². The number of rotatable bonds is 7. The summed E-state index contributed by atoms with van der Waals surface area (Å²) in [7, 11) is -4.50. The van der Waals surface area contributed by atoms with E-state index in [0.29, 0.717) is 0 Å². The van der Waals surface area contributed by atoms with Crippen molar-refractivity contribution in [3.63, 3.8) is 0 Å². The smallest absolute Gasteiger partial charge is 0.340 e. The van der Waals surface area contributed by atoms with Gasteiger partial charge in [-0.3, -0.25) is 4.79 Å². The first-order valence-electron chi connectivity index (χ1n) is 8.31. The Morgan fingerprint density at radius 1 is 1.03 bits per heavy atom. The number of carbonyl (C=O) groups is 2. The maximum absolute atomic E-state index is 12.2. The van der Waals surface area contributed by atoms with Gasteiger partial charge in [0.25, 0.3) is 5.91 Å². The summed E-state index contributed by atoms with van der Waals surface area (Å²) in [5.41, 5.74) is -0.0115. The molecule has 0 saturated heterocycles. The minimum atomic E-state index is -3.68. The number of sulfonamides is 1. The second-order valence-electron chi connectivity index (χ2n) is 6.35. The van der Waals surface area contributed by atoms with Gasteiger partial charge in [-0.1, -0.05) is 17.7 Å². The van der Waals surface area contributed by atoms with Gasteiger partial charge in [-0.15, -0.1) is 0 Å². The normalized spacial score (nSPS) is 11.9. The van der Waals surface area contributed by atoms with E-state index in [2.05, 4.69) is 5.32 Å². The molecule has 9 nitrogen and oxygen atoms in total. The zero-order valence-electron chi connectivity index (χ0n) is 16.2. The summed E-state index contributed by atoms with van der Waals surface area (Å²) < 4.78 is 53.5. The van der Waals surface area contributed by atoms with E-state index in [-0.39, 0.29) is 26.1 Å². The molecule has 2 aromatic rings. The lowest BCUT2D eigenvalue weighted by molar-refractivity contribution is -0.119. The molecule has 1 N–H and O–H groups in total. The van der Waals surface area contributed by atoms with Crippen LogP contribution in [0.2, 0.25) is 5.02 Å². The monoisotopic (exact) mass is 474 g/mol. The Morgan fingerprint density at radius 2 is 1.70 bits per heavy atom. The Hall–Kier alpha value is -2.47. The van der Waals surface area contributed by atoms with E-state index in [1.807, 2.05) is 0 Å². The van der Waals surface area contributed by atoms with Crippen molar-refractivity contribution in [2.45, 2.75) is 9.79 Å². The van der Waals surface area contributed by atoms with Crippen molar-refractivity contribution in [2.75, 3.05) is 32.3 Å². The molecular formula is C18H19ClN2O7S2. The van der Waals surface area contributed by atoms with E-state index in [9.17, 15) is 26.4 Å². The van der Waals surface area contributed by atoms with Crippen LogP contribution in [-0.4, -0.2) is 60.0 Å². The van der Waals surface area contributed by atoms with E-state index in [1.165, 1.54) is 50.5 Å². The predicted octanol–water partition coefficient (Wildman–Crippen LogP) is 1.79. The van der Waals surface area contributed by atoms with E-state index in [1.54, 1.807) is 0 Å². The summed E-state index contributed by atoms with van der Waals surface area (Å²) in [4.78, 5) is 24.1. The van der Waals surface area contributed by atoms with Gasteiger partial charge >= 0.3 is 5.97 Å². The van der Waals surface area contributed by atoms with Crippen LogP contribution in [0.4, 0.5) is 5.69 Å². The van der Waals surface area contributed by atoms with E-state index in [0.717, 1.165) is 16.6 Å². The van der Waals surface area contributed by atoms with E-state index >= 15 is 0 Å². The lowest BCUT2D eigenvalue weighted by Crippen LogP contribution is -2.23. The van der Waals surface area contributed by atoms with Crippen LogP contribution in [-0.2, 0) is 29.4 Å². The molecule has 0 bridgehead atoms. The molecule has 162 valence electrons. The van der Waals surface area contributed by atoms with Gasteiger partial charge in [-0.05, 0) is 36.4 Å². The van der Waals surface area contributed by atoms with Crippen molar-refractivity contribution in [1.82, 2.24) is 4.31 Å². The fraction of sp³-hybridized carbons (Fsp3) is 0.222. The number of hydrogen-bond donors (Lipinski definition) is 1. The number of esters is 1. The molecule has 0 aliphatic rings. The Balaban J connectivity index is 2.08. The number of carbonyl (C=O) groups excluding carboxylic acids is 2. The van der Waals surface area contributed by atoms with E-state index in [4.69, 9.17) is 16.3 Å². The van der Waals surface area contributed by atoms with Crippen LogP contribution in [0.25, 0.3) is 0 Å². The van der Waals surface area contributed by atoms with Gasteiger partial charge in [0, 0.05) is 26.0 Å². The van der Waals surface area contributed by atoms with Crippen LogP contribution >= 0.6 is 11.6 Å². The van der Waals surface area contributed by atoms with Gasteiger partial charge in [0.15, 0.2) is 16.4 Å². The first-order valence-corrected chi connectivity index (χ1v) is 12.0. The highest BCUT2D eigenvalue weighted by molar-refractivity contribution is 7.90. The number of nitrogens with zero attached hydrogens (tertiary/aromatic N) is 1. The number of amides is 1. The molecule has 0 radical (unpaired) electrons. The topological polar surface area (TPSA) is 127 Å². The molecule has 0 saturated carbocycles. The summed E-state index contributed by atoms with van der Waals surface area (Å²) >= 11 is 5.91. The second-order valence-corrected chi connectivity index (χ2v) is 10.9. The summed E-state index contributed by atoms with van der Waals surface area (Å²) in [6, 6.07) is 9.12. The number of benzene rings is 2. The number of halogens is 1. The fourth-order valence-electron chi connectivity index (χ4n) is 2.24. The van der Waals surface area contributed by atoms with Crippen molar-refractivity contribution < 1.29 is 31.2 Å². The van der Waals surface area contributed by atoms with Gasteiger partial charge < -0.3 is 10.1 Å². The molecule has 0 aliphatic carbocycles. The van der Waals surface area contributed by atoms with Crippen LogP contribution in [0.5, 0.6) is 0 Å². The van der Waals surface area contributed by atoms with Gasteiger partial charge in [0.1, 0.15) is 0 Å². The number of ether oxygens (including phenoxy) is 1. The Kier molecular flexibility index (Phi) is 7.24. The highest BCUT2D eigenvalue weighted by atomic mass is 35.5. The Labute approximate surface area is 179 Å². The number of anilines is 1. The minimum absolute atomic E-state index is 0.0216. The van der Waals surface area contributed by atoms with Crippen LogP contribution in [0.1, 0.15) is 10.4 Å². The molecule has 1 amide bonds. The summed E-state index contributed by atoms with van der Waals surface area (Å²) in [6.07, 6.45) is 0.976. The number of hydrogen-bond acceptors (Lipinski definition) is 7. The summed E-state index contributed by atoms with van der Waals surface area (Å²) in [5, 5.41) is 2.39. The highest BCUT2D eigenvalue weighted by Crippen LogP contribution is 2.22. The van der Waals surface area contributed by atoms with Crippen molar-refractivity contribution in [1.29, 1.82) is 0 Å². The largest absolute Gasteiger partial charge is 0.452 e. The van der Waals surface area contributed by atoms with Crippen LogP contribution in [0.15, 0.2) is 52.3 Å². The molecule has 0 fully saturated rings. The summed E-state index contributed by atoms with van der Waals surface area (Å²) in [6.45, 7) is -0.692. The first-order chi connectivity index (χ1) is 13.8. The van der Waals surface area contributed by atoms with Gasteiger partial charge in [-0.2, -0.15) is 0 Å². The van der Waals surface area contributed by atoms with Crippen LogP contribution in [0, 0.1) is 0 Å². The molecule has 30 heavy (non-hydrogen) atoms. The lowest BCUT2D eigenvalue weighted by atomic mass is 10.2. The highest BCUT2D eigenvalue weighted by Gasteiger charge is 2.19. The molecule has 0 heterocycles. The summed E-state index contributed by atoms with van der Waals surface area (Å²) in [5.74, 6) is -1.71. The first kappa shape index (κ1) is 23.8. The molecule has 0 aliphatic heterocycles. The second kappa shape index (κ2) is 9.13. The van der Waals surface area contributed by atoms with Crippen molar-refractivity contribution in [3.8, 4) is 0 Å². The van der Waals surface area contributed by atoms with Gasteiger partial charge in [0.05, 0.1) is 20.4 Å². The third-order valence-corrected chi connectivity index (χ3v) is 7.07. The third-order valence-electron chi connectivity index (χ3n) is 3.82. The van der Waals surface area contributed by atoms with Gasteiger partial charge in [-0.25, -0.2) is 25.9 Å². The van der Waals surface area contributed by atoms with E-state index < -0.39 is 38.3 Å². The molecule has 2 aromatic carbocycles. The minimum Gasteiger partial charge on any atom is -0.452 e. The standard InChI is InChI=1S/C18H19ClN2O7S2/c1-21(2)30(26,27)14-6-4-5-12(9-14)20-17(22)11-28-18(23)15-10-13(29(3,24)25)7-8-16(15)19/h4-10H,11H2,1-3H3,(H,20,22). The maximum Gasteiger partial charge on any atom is 0.340 e. The Morgan fingerprint density at radius 3 is 2.30 bits per heavy atom. The number of nitrogens with one attached hydrogen (secondary N) is 1. The SMILES string of the molecule is CN(C)S(=O)(=O)c1cccc(NC(=O)COC(=O)c2cc(S(C)(=O)=O)ccc2Cl)c1.